The molecule has 0 unspecified atom stereocenters. The molecule has 0 aliphatic heterocycles. The highest BCUT2D eigenvalue weighted by atomic mass is 15.3. The molecule has 0 aliphatic rings. The lowest BCUT2D eigenvalue weighted by Gasteiger charge is -1.91. The molecular formula is C6H8N4. The van der Waals surface area contributed by atoms with Gasteiger partial charge in [0.2, 0.25) is 0 Å². The van der Waals surface area contributed by atoms with Gasteiger partial charge in [0.15, 0.2) is 0 Å². The summed E-state index contributed by atoms with van der Waals surface area (Å²) in [7, 11) is 1.83. The lowest BCUT2D eigenvalue weighted by molar-refractivity contribution is 0.768. The third kappa shape index (κ3) is 1.49. The fourth-order valence-corrected chi connectivity index (χ4v) is 0.654. The molecule has 0 saturated heterocycles. The Labute approximate surface area is 59.1 Å². The van der Waals surface area contributed by atoms with Crippen LogP contribution in [-0.4, -0.2) is 16.3 Å². The lowest BCUT2D eigenvalue weighted by atomic mass is 10.5. The second-order valence-corrected chi connectivity index (χ2v) is 1.91. The molecule has 1 aromatic heterocycles. The summed E-state index contributed by atoms with van der Waals surface area (Å²) in [6.45, 7) is 0.325. The Morgan fingerprint density at radius 2 is 2.70 bits per heavy atom. The van der Waals surface area contributed by atoms with Crippen molar-refractivity contribution >= 4 is 5.69 Å². The standard InChI is InChI=1S/C6H8N4/c1-10-5-6(4-9-10)8-3-2-7/h4-5,8H,3H2,1H3. The van der Waals surface area contributed by atoms with Crippen LogP contribution in [0.5, 0.6) is 0 Å². The molecule has 1 heterocycles. The first kappa shape index (κ1) is 6.62. The summed E-state index contributed by atoms with van der Waals surface area (Å²) in [5.74, 6) is 0. The number of rotatable bonds is 2. The van der Waals surface area contributed by atoms with Gasteiger partial charge in [0.05, 0.1) is 18.0 Å². The van der Waals surface area contributed by atoms with E-state index in [1.807, 2.05) is 19.3 Å². The van der Waals surface area contributed by atoms with E-state index in [2.05, 4.69) is 10.4 Å². The predicted molar refractivity (Wildman–Crippen MR) is 37.3 cm³/mol. The van der Waals surface area contributed by atoms with Crippen molar-refractivity contribution in [2.75, 3.05) is 11.9 Å². The SMILES string of the molecule is Cn1cc(NCC#N)cn1. The van der Waals surface area contributed by atoms with Crippen molar-refractivity contribution < 1.29 is 0 Å². The molecule has 0 atom stereocenters. The van der Waals surface area contributed by atoms with Gasteiger partial charge in [-0.25, -0.2) is 0 Å². The Kier molecular flexibility index (Phi) is 1.90. The van der Waals surface area contributed by atoms with Gasteiger partial charge in [-0.15, -0.1) is 0 Å². The molecule has 0 fully saturated rings. The molecule has 0 aliphatic carbocycles. The van der Waals surface area contributed by atoms with E-state index in [1.54, 1.807) is 10.9 Å². The van der Waals surface area contributed by atoms with Gasteiger partial charge in [0, 0.05) is 13.2 Å². The first-order valence-corrected chi connectivity index (χ1v) is 2.92. The summed E-state index contributed by atoms with van der Waals surface area (Å²) in [5.41, 5.74) is 0.879. The molecule has 0 aromatic carbocycles. The molecule has 0 bridgehead atoms. The number of nitrogens with zero attached hydrogens (tertiary/aromatic N) is 3. The number of aryl methyl sites for hydroxylation is 1. The topological polar surface area (TPSA) is 53.6 Å². The molecule has 0 saturated carbocycles. The maximum Gasteiger partial charge on any atom is 0.103 e. The Morgan fingerprint density at radius 1 is 1.90 bits per heavy atom. The molecule has 0 radical (unpaired) electrons. The minimum absolute atomic E-state index is 0.325. The van der Waals surface area contributed by atoms with Crippen LogP contribution in [-0.2, 0) is 7.05 Å². The van der Waals surface area contributed by atoms with Gasteiger partial charge in [-0.3, -0.25) is 4.68 Å². The molecule has 0 amide bonds. The normalized spacial score (nSPS) is 8.80. The summed E-state index contributed by atoms with van der Waals surface area (Å²) in [5, 5.41) is 15.0. The number of aromatic nitrogens is 2. The van der Waals surface area contributed by atoms with Crippen molar-refractivity contribution in [2.24, 2.45) is 7.05 Å². The third-order valence-corrected chi connectivity index (χ3v) is 1.08. The van der Waals surface area contributed by atoms with E-state index in [1.165, 1.54) is 0 Å². The highest BCUT2D eigenvalue weighted by molar-refractivity contribution is 5.38. The van der Waals surface area contributed by atoms with E-state index in [-0.39, 0.29) is 0 Å². The second kappa shape index (κ2) is 2.87. The van der Waals surface area contributed by atoms with E-state index in [0.29, 0.717) is 6.54 Å². The average molecular weight is 136 g/mol. The monoisotopic (exact) mass is 136 g/mol. The number of nitrogens with one attached hydrogen (secondary N) is 1. The largest absolute Gasteiger partial charge is 0.370 e. The van der Waals surface area contributed by atoms with Gasteiger partial charge >= 0.3 is 0 Å². The minimum atomic E-state index is 0.325. The van der Waals surface area contributed by atoms with Crippen molar-refractivity contribution in [3.8, 4) is 6.07 Å². The predicted octanol–water partition coefficient (Wildman–Crippen LogP) is 0.356. The zero-order chi connectivity index (χ0) is 7.40. The first-order chi connectivity index (χ1) is 4.83. The fraction of sp³-hybridized carbons (Fsp3) is 0.333. The van der Waals surface area contributed by atoms with E-state index in [0.717, 1.165) is 5.69 Å². The van der Waals surface area contributed by atoms with Crippen molar-refractivity contribution in [2.45, 2.75) is 0 Å². The molecule has 52 valence electrons. The Morgan fingerprint density at radius 3 is 3.20 bits per heavy atom. The number of nitriles is 1. The van der Waals surface area contributed by atoms with Gasteiger partial charge < -0.3 is 5.32 Å². The maximum atomic E-state index is 8.19. The third-order valence-electron chi connectivity index (χ3n) is 1.08. The van der Waals surface area contributed by atoms with Crippen molar-refractivity contribution in [1.29, 1.82) is 5.26 Å². The van der Waals surface area contributed by atoms with E-state index in [9.17, 15) is 0 Å². The summed E-state index contributed by atoms with van der Waals surface area (Å²) < 4.78 is 1.68. The molecular weight excluding hydrogens is 128 g/mol. The molecule has 0 spiro atoms. The van der Waals surface area contributed by atoms with Crippen LogP contribution in [0.25, 0.3) is 0 Å². The smallest absolute Gasteiger partial charge is 0.103 e. The second-order valence-electron chi connectivity index (χ2n) is 1.91. The maximum absolute atomic E-state index is 8.19. The minimum Gasteiger partial charge on any atom is -0.370 e. The van der Waals surface area contributed by atoms with Gasteiger partial charge in [-0.1, -0.05) is 0 Å². The van der Waals surface area contributed by atoms with Gasteiger partial charge in [0.1, 0.15) is 6.54 Å². The molecule has 1 rings (SSSR count). The summed E-state index contributed by atoms with van der Waals surface area (Å²) in [6, 6.07) is 1.98. The fourth-order valence-electron chi connectivity index (χ4n) is 0.654. The summed E-state index contributed by atoms with van der Waals surface area (Å²) >= 11 is 0. The van der Waals surface area contributed by atoms with Crippen molar-refractivity contribution in [3.05, 3.63) is 12.4 Å². The van der Waals surface area contributed by atoms with Crippen LogP contribution in [0.1, 0.15) is 0 Å². The van der Waals surface area contributed by atoms with Crippen LogP contribution in [0.4, 0.5) is 5.69 Å². The highest BCUT2D eigenvalue weighted by Gasteiger charge is 1.90. The molecule has 10 heavy (non-hydrogen) atoms. The Balaban J connectivity index is 2.52. The number of hydrogen-bond donors (Lipinski definition) is 1. The zero-order valence-corrected chi connectivity index (χ0v) is 5.70. The van der Waals surface area contributed by atoms with Crippen LogP contribution in [0.2, 0.25) is 0 Å². The lowest BCUT2D eigenvalue weighted by Crippen LogP contribution is -1.96. The molecule has 4 nitrogen and oxygen atoms in total. The number of anilines is 1. The summed E-state index contributed by atoms with van der Waals surface area (Å²) in [6.07, 6.45) is 3.49. The van der Waals surface area contributed by atoms with Crippen molar-refractivity contribution in [1.82, 2.24) is 9.78 Å². The van der Waals surface area contributed by atoms with E-state index in [4.69, 9.17) is 5.26 Å². The van der Waals surface area contributed by atoms with E-state index >= 15 is 0 Å². The van der Waals surface area contributed by atoms with Crippen LogP contribution in [0, 0.1) is 11.3 Å². The Bertz CT molecular complexity index is 244. The first-order valence-electron chi connectivity index (χ1n) is 2.92. The summed E-state index contributed by atoms with van der Waals surface area (Å²) in [4.78, 5) is 0. The average Bonchev–Trinajstić information content (AvgIpc) is 2.31. The van der Waals surface area contributed by atoms with Crippen LogP contribution < -0.4 is 5.32 Å². The highest BCUT2D eigenvalue weighted by Crippen LogP contribution is 2.00. The zero-order valence-electron chi connectivity index (χ0n) is 5.70. The van der Waals surface area contributed by atoms with Crippen LogP contribution >= 0.6 is 0 Å². The van der Waals surface area contributed by atoms with Crippen LogP contribution in [0.3, 0.4) is 0 Å². The molecule has 4 heteroatoms. The molecule has 1 aromatic rings. The number of hydrogen-bond acceptors (Lipinski definition) is 3. The Hall–Kier alpha value is -1.50. The van der Waals surface area contributed by atoms with Gasteiger partial charge in [-0.2, -0.15) is 10.4 Å². The van der Waals surface area contributed by atoms with Crippen molar-refractivity contribution in [3.63, 3.8) is 0 Å². The van der Waals surface area contributed by atoms with Crippen LogP contribution in [0.15, 0.2) is 12.4 Å². The van der Waals surface area contributed by atoms with Gasteiger partial charge in [-0.05, 0) is 0 Å². The molecule has 1 N–H and O–H groups in total. The van der Waals surface area contributed by atoms with E-state index < -0.39 is 0 Å². The van der Waals surface area contributed by atoms with Gasteiger partial charge in [0.25, 0.3) is 0 Å². The quantitative estimate of drug-likeness (QED) is 0.597.